The van der Waals surface area contributed by atoms with Crippen LogP contribution in [0.2, 0.25) is 0 Å². The first-order valence-electron chi connectivity index (χ1n) is 6.84. The molecule has 0 aliphatic heterocycles. The first kappa shape index (κ1) is 16.8. The molecule has 0 aliphatic rings. The number of rotatable bonds is 5. The zero-order valence-electron chi connectivity index (χ0n) is 11.9. The molecule has 2 N–H and O–H groups in total. The van der Waals surface area contributed by atoms with Crippen LogP contribution in [0.3, 0.4) is 0 Å². The number of carbonyl (C=O) groups excluding carboxylic acids is 1. The number of hydrogen-bond donors (Lipinski definition) is 2. The molecule has 0 aromatic heterocycles. The number of amides is 2. The van der Waals surface area contributed by atoms with Crippen molar-refractivity contribution in [3.05, 3.63) is 74.8 Å². The van der Waals surface area contributed by atoms with E-state index in [1.54, 1.807) is 6.20 Å². The predicted octanol–water partition coefficient (Wildman–Crippen LogP) is 4.72. The normalized spacial score (nSPS) is 10.6. The molecule has 0 atom stereocenters. The van der Waals surface area contributed by atoms with Crippen molar-refractivity contribution in [1.82, 2.24) is 10.6 Å². The molecule has 2 rings (SSSR count). The van der Waals surface area contributed by atoms with E-state index in [9.17, 15) is 4.79 Å². The summed E-state index contributed by atoms with van der Waals surface area (Å²) < 4.78 is 2.06. The molecular formula is C17H16Br2N2O. The van der Waals surface area contributed by atoms with Crippen molar-refractivity contribution in [2.45, 2.75) is 6.42 Å². The number of carbonyl (C=O) groups is 1. The molecule has 0 bridgehead atoms. The van der Waals surface area contributed by atoms with E-state index < -0.39 is 0 Å². The fourth-order valence-corrected chi connectivity index (χ4v) is 2.75. The second-order valence-corrected chi connectivity index (χ2v) is 6.50. The lowest BCUT2D eigenvalue weighted by molar-refractivity contribution is 0.244. The summed E-state index contributed by atoms with van der Waals surface area (Å²) in [5, 5.41) is 5.52. The fourth-order valence-electron chi connectivity index (χ4n) is 1.89. The van der Waals surface area contributed by atoms with Gasteiger partial charge in [0.2, 0.25) is 0 Å². The third-order valence-electron chi connectivity index (χ3n) is 2.93. The Morgan fingerprint density at radius 2 is 1.77 bits per heavy atom. The van der Waals surface area contributed by atoms with Crippen molar-refractivity contribution in [2.75, 3.05) is 6.54 Å². The van der Waals surface area contributed by atoms with Crippen molar-refractivity contribution in [3.8, 4) is 0 Å². The van der Waals surface area contributed by atoms with Gasteiger partial charge in [0.1, 0.15) is 0 Å². The van der Waals surface area contributed by atoms with Crippen LogP contribution in [0.25, 0.3) is 6.08 Å². The van der Waals surface area contributed by atoms with Crippen LogP contribution in [0.5, 0.6) is 0 Å². The van der Waals surface area contributed by atoms with Crippen LogP contribution in [-0.2, 0) is 6.42 Å². The van der Waals surface area contributed by atoms with Crippen molar-refractivity contribution < 1.29 is 4.79 Å². The first-order chi connectivity index (χ1) is 10.6. The molecule has 3 nitrogen and oxygen atoms in total. The van der Waals surface area contributed by atoms with Crippen molar-refractivity contribution in [1.29, 1.82) is 0 Å². The maximum atomic E-state index is 11.7. The molecule has 0 radical (unpaired) electrons. The summed E-state index contributed by atoms with van der Waals surface area (Å²) in [6, 6.07) is 15.7. The standard InChI is InChI=1S/C17H16Br2N2O/c18-15-5-1-3-13(11-15)7-9-20-17(22)21-10-8-14-4-2-6-16(19)12-14/h1-7,9,11-12H,8,10H2,(H2,20,21,22)/b9-7+. The van der Waals surface area contributed by atoms with Crippen LogP contribution < -0.4 is 10.6 Å². The Morgan fingerprint density at radius 3 is 2.50 bits per heavy atom. The summed E-state index contributed by atoms with van der Waals surface area (Å²) in [6.07, 6.45) is 4.27. The molecule has 0 saturated heterocycles. The number of benzene rings is 2. The summed E-state index contributed by atoms with van der Waals surface area (Å²) in [5.74, 6) is 0. The first-order valence-corrected chi connectivity index (χ1v) is 8.43. The molecule has 22 heavy (non-hydrogen) atoms. The Morgan fingerprint density at radius 1 is 1.05 bits per heavy atom. The van der Waals surface area contributed by atoms with Gasteiger partial charge in [0, 0.05) is 21.7 Å². The van der Waals surface area contributed by atoms with Gasteiger partial charge in [0.15, 0.2) is 0 Å². The van der Waals surface area contributed by atoms with E-state index in [-0.39, 0.29) is 6.03 Å². The molecule has 5 heteroatoms. The Labute approximate surface area is 147 Å². The van der Waals surface area contributed by atoms with Gasteiger partial charge in [-0.1, -0.05) is 56.1 Å². The lowest BCUT2D eigenvalue weighted by Gasteiger charge is -2.05. The zero-order valence-corrected chi connectivity index (χ0v) is 15.0. The van der Waals surface area contributed by atoms with Gasteiger partial charge < -0.3 is 10.6 Å². The van der Waals surface area contributed by atoms with E-state index in [1.807, 2.05) is 54.6 Å². The second kappa shape index (κ2) is 8.76. The number of hydrogen-bond acceptors (Lipinski definition) is 1. The van der Waals surface area contributed by atoms with Crippen molar-refractivity contribution in [3.63, 3.8) is 0 Å². The monoisotopic (exact) mass is 422 g/mol. The summed E-state index contributed by atoms with van der Waals surface area (Å²) in [6.45, 7) is 0.590. The Hall–Kier alpha value is -1.59. The fraction of sp³-hybridized carbons (Fsp3) is 0.118. The minimum atomic E-state index is -0.207. The Balaban J connectivity index is 1.72. The third kappa shape index (κ3) is 6.03. The van der Waals surface area contributed by atoms with E-state index in [0.717, 1.165) is 20.9 Å². The molecule has 2 amide bonds. The van der Waals surface area contributed by atoms with Gasteiger partial charge in [-0.3, -0.25) is 0 Å². The van der Waals surface area contributed by atoms with Crippen LogP contribution >= 0.6 is 31.9 Å². The molecule has 114 valence electrons. The molecule has 0 saturated carbocycles. The highest BCUT2D eigenvalue weighted by atomic mass is 79.9. The van der Waals surface area contributed by atoms with Crippen molar-refractivity contribution >= 4 is 44.0 Å². The Bertz CT molecular complexity index is 671. The largest absolute Gasteiger partial charge is 0.338 e. The minimum absolute atomic E-state index is 0.207. The highest BCUT2D eigenvalue weighted by Crippen LogP contribution is 2.12. The summed E-state index contributed by atoms with van der Waals surface area (Å²) in [5.41, 5.74) is 2.20. The molecule has 0 unspecified atom stereocenters. The smallest absolute Gasteiger partial charge is 0.318 e. The highest BCUT2D eigenvalue weighted by molar-refractivity contribution is 9.10. The van der Waals surface area contributed by atoms with Crippen LogP contribution in [0.4, 0.5) is 4.79 Å². The molecule has 0 aliphatic carbocycles. The molecule has 0 fully saturated rings. The van der Waals surface area contributed by atoms with Gasteiger partial charge in [0.05, 0.1) is 0 Å². The van der Waals surface area contributed by atoms with E-state index >= 15 is 0 Å². The average molecular weight is 424 g/mol. The highest BCUT2D eigenvalue weighted by Gasteiger charge is 1.98. The summed E-state index contributed by atoms with van der Waals surface area (Å²) in [7, 11) is 0. The lowest BCUT2D eigenvalue weighted by atomic mass is 10.1. The lowest BCUT2D eigenvalue weighted by Crippen LogP contribution is -2.33. The number of nitrogens with one attached hydrogen (secondary N) is 2. The van der Waals surface area contributed by atoms with Crippen molar-refractivity contribution in [2.24, 2.45) is 0 Å². The Kier molecular flexibility index (Phi) is 6.68. The molecular weight excluding hydrogens is 408 g/mol. The van der Waals surface area contributed by atoms with Gasteiger partial charge >= 0.3 is 6.03 Å². The summed E-state index contributed by atoms with van der Waals surface area (Å²) in [4.78, 5) is 11.7. The molecule has 0 heterocycles. The average Bonchev–Trinajstić information content (AvgIpc) is 2.47. The predicted molar refractivity (Wildman–Crippen MR) is 97.6 cm³/mol. The maximum Gasteiger partial charge on any atom is 0.318 e. The number of halogens is 2. The van der Waals surface area contributed by atoms with Gasteiger partial charge in [-0.2, -0.15) is 0 Å². The molecule has 2 aromatic rings. The van der Waals surface area contributed by atoms with Gasteiger partial charge in [-0.15, -0.1) is 0 Å². The van der Waals surface area contributed by atoms with Gasteiger partial charge in [0.25, 0.3) is 0 Å². The molecule has 2 aromatic carbocycles. The third-order valence-corrected chi connectivity index (χ3v) is 3.91. The maximum absolute atomic E-state index is 11.7. The van der Waals surface area contributed by atoms with E-state index in [4.69, 9.17) is 0 Å². The van der Waals surface area contributed by atoms with Crippen LogP contribution in [0.1, 0.15) is 11.1 Å². The van der Waals surface area contributed by atoms with Crippen LogP contribution in [0.15, 0.2) is 63.7 Å². The number of urea groups is 1. The van der Waals surface area contributed by atoms with Crippen LogP contribution in [0, 0.1) is 0 Å². The van der Waals surface area contributed by atoms with E-state index in [0.29, 0.717) is 6.54 Å². The van der Waals surface area contributed by atoms with Crippen LogP contribution in [-0.4, -0.2) is 12.6 Å². The van der Waals surface area contributed by atoms with E-state index in [2.05, 4.69) is 42.5 Å². The summed E-state index contributed by atoms with van der Waals surface area (Å²) >= 11 is 6.84. The zero-order chi connectivity index (χ0) is 15.8. The SMILES string of the molecule is O=C(N/C=C/c1cccc(Br)c1)NCCc1cccc(Br)c1. The van der Waals surface area contributed by atoms with E-state index in [1.165, 1.54) is 5.56 Å². The minimum Gasteiger partial charge on any atom is -0.338 e. The van der Waals surface area contributed by atoms with Gasteiger partial charge in [-0.25, -0.2) is 4.79 Å². The topological polar surface area (TPSA) is 41.1 Å². The van der Waals surface area contributed by atoms with Gasteiger partial charge in [-0.05, 0) is 47.9 Å². The quantitative estimate of drug-likeness (QED) is 0.717. The second-order valence-electron chi connectivity index (χ2n) is 4.67. The molecule has 0 spiro atoms.